The molecule has 0 radical (unpaired) electrons. The van der Waals surface area contributed by atoms with E-state index in [-0.39, 0.29) is 6.04 Å². The summed E-state index contributed by atoms with van der Waals surface area (Å²) in [6.07, 6.45) is 0.901. The first-order valence-corrected chi connectivity index (χ1v) is 5.98. The van der Waals surface area contributed by atoms with Crippen LogP contribution in [0.15, 0.2) is 34.8 Å². The summed E-state index contributed by atoms with van der Waals surface area (Å²) in [4.78, 5) is 0. The van der Waals surface area contributed by atoms with Crippen LogP contribution >= 0.6 is 27.5 Å². The standard InChI is InChI=1S/C12H15BrClN/c1-8(2)6-12(15-3)10-5-4-9(13)7-11(10)14/h4-5,7,12,15H,1,6H2,2-3H3. The van der Waals surface area contributed by atoms with Crippen molar-refractivity contribution < 1.29 is 0 Å². The number of nitrogens with one attached hydrogen (secondary N) is 1. The molecule has 1 aromatic rings. The fourth-order valence-electron chi connectivity index (χ4n) is 1.50. The van der Waals surface area contributed by atoms with Gasteiger partial charge in [-0.1, -0.05) is 39.2 Å². The van der Waals surface area contributed by atoms with Gasteiger partial charge in [0.1, 0.15) is 0 Å². The van der Waals surface area contributed by atoms with E-state index < -0.39 is 0 Å². The minimum Gasteiger partial charge on any atom is -0.313 e. The van der Waals surface area contributed by atoms with Crippen molar-refractivity contribution in [3.05, 3.63) is 45.4 Å². The topological polar surface area (TPSA) is 12.0 Å². The first kappa shape index (κ1) is 12.8. The van der Waals surface area contributed by atoms with E-state index in [0.29, 0.717) is 0 Å². The molecule has 0 aliphatic rings. The summed E-state index contributed by atoms with van der Waals surface area (Å²) < 4.78 is 1.00. The van der Waals surface area contributed by atoms with E-state index in [1.165, 1.54) is 0 Å². The van der Waals surface area contributed by atoms with Crippen LogP contribution in [0, 0.1) is 0 Å². The number of benzene rings is 1. The van der Waals surface area contributed by atoms with Gasteiger partial charge in [-0.2, -0.15) is 0 Å². The summed E-state index contributed by atoms with van der Waals surface area (Å²) in [5.41, 5.74) is 2.26. The maximum Gasteiger partial charge on any atom is 0.0465 e. The van der Waals surface area contributed by atoms with Crippen LogP contribution in [0.4, 0.5) is 0 Å². The van der Waals surface area contributed by atoms with Crippen molar-refractivity contribution in [2.24, 2.45) is 0 Å². The van der Waals surface area contributed by atoms with Crippen molar-refractivity contribution in [3.63, 3.8) is 0 Å². The van der Waals surface area contributed by atoms with Gasteiger partial charge in [-0.25, -0.2) is 0 Å². The lowest BCUT2D eigenvalue weighted by molar-refractivity contribution is 0.590. The second kappa shape index (κ2) is 5.69. The van der Waals surface area contributed by atoms with Crippen LogP contribution in [0.2, 0.25) is 5.02 Å². The largest absolute Gasteiger partial charge is 0.313 e. The fourth-order valence-corrected chi connectivity index (χ4v) is 2.31. The SMILES string of the molecule is C=C(C)CC(NC)c1ccc(Br)cc1Cl. The summed E-state index contributed by atoms with van der Waals surface area (Å²) >= 11 is 9.58. The fraction of sp³-hybridized carbons (Fsp3) is 0.333. The molecule has 0 heterocycles. The molecule has 1 aromatic carbocycles. The van der Waals surface area contributed by atoms with Crippen molar-refractivity contribution in [2.45, 2.75) is 19.4 Å². The molecule has 0 aromatic heterocycles. The van der Waals surface area contributed by atoms with Gasteiger partial charge in [0.05, 0.1) is 0 Å². The quantitative estimate of drug-likeness (QED) is 0.813. The Morgan fingerprint density at radius 1 is 1.60 bits per heavy atom. The van der Waals surface area contributed by atoms with Gasteiger partial charge in [-0.3, -0.25) is 0 Å². The molecule has 0 fully saturated rings. The molecule has 0 aliphatic carbocycles. The van der Waals surface area contributed by atoms with Crippen LogP contribution in [0.25, 0.3) is 0 Å². The second-order valence-corrected chi connectivity index (χ2v) is 4.99. The molecule has 82 valence electrons. The third-order valence-corrected chi connectivity index (χ3v) is 3.06. The van der Waals surface area contributed by atoms with Gasteiger partial charge in [-0.05, 0) is 38.1 Å². The molecule has 0 amide bonds. The highest BCUT2D eigenvalue weighted by atomic mass is 79.9. The lowest BCUT2D eigenvalue weighted by Gasteiger charge is -2.18. The van der Waals surface area contributed by atoms with Crippen LogP contribution in [-0.4, -0.2) is 7.05 Å². The molecule has 0 bridgehead atoms. The van der Waals surface area contributed by atoms with Crippen molar-refractivity contribution in [3.8, 4) is 0 Å². The zero-order valence-corrected chi connectivity index (χ0v) is 11.3. The van der Waals surface area contributed by atoms with Crippen LogP contribution < -0.4 is 5.32 Å². The first-order chi connectivity index (χ1) is 7.04. The summed E-state index contributed by atoms with van der Waals surface area (Å²) in [6, 6.07) is 6.20. The highest BCUT2D eigenvalue weighted by Crippen LogP contribution is 2.29. The molecular formula is C12H15BrClN. The van der Waals surface area contributed by atoms with Gasteiger partial charge < -0.3 is 5.32 Å². The van der Waals surface area contributed by atoms with E-state index in [1.807, 2.05) is 32.2 Å². The Bertz CT molecular complexity index is 363. The third-order valence-electron chi connectivity index (χ3n) is 2.24. The Kier molecular flexibility index (Phi) is 4.84. The lowest BCUT2D eigenvalue weighted by Crippen LogP contribution is -2.16. The Balaban J connectivity index is 2.96. The average Bonchev–Trinajstić information content (AvgIpc) is 2.14. The van der Waals surface area contributed by atoms with Crippen LogP contribution in [-0.2, 0) is 0 Å². The Labute approximate surface area is 105 Å². The average molecular weight is 289 g/mol. The molecule has 1 unspecified atom stereocenters. The summed E-state index contributed by atoms with van der Waals surface area (Å²) in [7, 11) is 1.94. The second-order valence-electron chi connectivity index (χ2n) is 3.67. The van der Waals surface area contributed by atoms with Gasteiger partial charge in [0, 0.05) is 15.5 Å². The maximum absolute atomic E-state index is 6.19. The molecule has 0 saturated carbocycles. The van der Waals surface area contributed by atoms with E-state index in [1.54, 1.807) is 0 Å². The smallest absolute Gasteiger partial charge is 0.0465 e. The highest BCUT2D eigenvalue weighted by Gasteiger charge is 2.12. The van der Waals surface area contributed by atoms with Crippen molar-refractivity contribution in [1.29, 1.82) is 0 Å². The molecule has 0 spiro atoms. The predicted octanol–water partition coefficient (Wildman–Crippen LogP) is 4.33. The first-order valence-electron chi connectivity index (χ1n) is 4.81. The zero-order valence-electron chi connectivity index (χ0n) is 8.98. The van der Waals surface area contributed by atoms with Gasteiger partial charge in [0.15, 0.2) is 0 Å². The Morgan fingerprint density at radius 2 is 2.27 bits per heavy atom. The predicted molar refractivity (Wildman–Crippen MR) is 70.4 cm³/mol. The Hall–Kier alpha value is -0.310. The van der Waals surface area contributed by atoms with Gasteiger partial charge in [-0.15, -0.1) is 6.58 Å². The maximum atomic E-state index is 6.19. The number of rotatable bonds is 4. The molecule has 1 N–H and O–H groups in total. The molecule has 0 saturated heterocycles. The normalized spacial score (nSPS) is 12.5. The van der Waals surface area contributed by atoms with Crippen molar-refractivity contribution in [1.82, 2.24) is 5.32 Å². The highest BCUT2D eigenvalue weighted by molar-refractivity contribution is 9.10. The lowest BCUT2D eigenvalue weighted by atomic mass is 10.0. The number of halogens is 2. The molecule has 15 heavy (non-hydrogen) atoms. The number of hydrogen-bond acceptors (Lipinski definition) is 1. The molecule has 1 atom stereocenters. The Morgan fingerprint density at radius 3 is 2.73 bits per heavy atom. The van der Waals surface area contributed by atoms with E-state index in [2.05, 4.69) is 27.8 Å². The summed E-state index contributed by atoms with van der Waals surface area (Å²) in [6.45, 7) is 5.95. The zero-order chi connectivity index (χ0) is 11.4. The molecular weight excluding hydrogens is 273 g/mol. The molecule has 1 nitrogen and oxygen atoms in total. The van der Waals surface area contributed by atoms with E-state index in [4.69, 9.17) is 11.6 Å². The summed E-state index contributed by atoms with van der Waals surface area (Å²) in [5, 5.41) is 4.03. The molecule has 0 aliphatic heterocycles. The van der Waals surface area contributed by atoms with Crippen molar-refractivity contribution in [2.75, 3.05) is 7.05 Å². The third kappa shape index (κ3) is 3.63. The van der Waals surface area contributed by atoms with E-state index in [9.17, 15) is 0 Å². The molecule has 1 rings (SSSR count). The van der Waals surface area contributed by atoms with Crippen LogP contribution in [0.5, 0.6) is 0 Å². The van der Waals surface area contributed by atoms with Gasteiger partial charge in [0.25, 0.3) is 0 Å². The van der Waals surface area contributed by atoms with E-state index in [0.717, 1.165) is 27.1 Å². The van der Waals surface area contributed by atoms with Gasteiger partial charge in [0.2, 0.25) is 0 Å². The van der Waals surface area contributed by atoms with Crippen LogP contribution in [0.3, 0.4) is 0 Å². The number of hydrogen-bond donors (Lipinski definition) is 1. The summed E-state index contributed by atoms with van der Waals surface area (Å²) in [5.74, 6) is 0. The van der Waals surface area contributed by atoms with E-state index >= 15 is 0 Å². The van der Waals surface area contributed by atoms with Crippen LogP contribution in [0.1, 0.15) is 24.9 Å². The molecule has 3 heteroatoms. The monoisotopic (exact) mass is 287 g/mol. The minimum atomic E-state index is 0.239. The minimum absolute atomic E-state index is 0.239. The van der Waals surface area contributed by atoms with Gasteiger partial charge >= 0.3 is 0 Å². The van der Waals surface area contributed by atoms with Crippen molar-refractivity contribution >= 4 is 27.5 Å².